The van der Waals surface area contributed by atoms with Crippen molar-refractivity contribution in [3.8, 4) is 0 Å². The monoisotopic (exact) mass is 420 g/mol. The Hall–Kier alpha value is -3.19. The van der Waals surface area contributed by atoms with E-state index in [9.17, 15) is 4.79 Å². The van der Waals surface area contributed by atoms with Crippen LogP contribution in [-0.2, 0) is 6.54 Å². The van der Waals surface area contributed by atoms with E-state index >= 15 is 0 Å². The molecule has 0 bridgehead atoms. The highest BCUT2D eigenvalue weighted by atomic mass is 32.2. The molecule has 0 unspecified atom stereocenters. The lowest BCUT2D eigenvalue weighted by Crippen LogP contribution is -2.15. The zero-order valence-electron chi connectivity index (χ0n) is 17.5. The molecule has 2 aromatic heterocycles. The summed E-state index contributed by atoms with van der Waals surface area (Å²) in [6.45, 7) is 4.83. The van der Waals surface area contributed by atoms with Gasteiger partial charge < -0.3 is 9.32 Å². The first-order valence-electron chi connectivity index (χ1n) is 9.66. The summed E-state index contributed by atoms with van der Waals surface area (Å²) in [4.78, 5) is 15.7. The van der Waals surface area contributed by atoms with Gasteiger partial charge in [-0.05, 0) is 72.8 Å². The van der Waals surface area contributed by atoms with Gasteiger partial charge in [-0.1, -0.05) is 6.07 Å². The number of anilines is 1. The van der Waals surface area contributed by atoms with Gasteiger partial charge in [-0.15, -0.1) is 0 Å². The average Bonchev–Trinajstić information content (AvgIpc) is 3.38. The number of fused-ring (bicyclic) bond motifs is 1. The summed E-state index contributed by atoms with van der Waals surface area (Å²) in [5.74, 6) is 0.0487. The normalized spacial score (nSPS) is 11.1. The third kappa shape index (κ3) is 4.21. The van der Waals surface area contributed by atoms with E-state index in [1.165, 1.54) is 17.5 Å². The van der Waals surface area contributed by atoms with Gasteiger partial charge in [0, 0.05) is 48.5 Å². The second kappa shape index (κ2) is 8.28. The molecule has 4 rings (SSSR count). The molecule has 2 heterocycles. The molecule has 1 N–H and O–H groups in total. The van der Waals surface area contributed by atoms with Gasteiger partial charge in [0.25, 0.3) is 5.91 Å². The van der Waals surface area contributed by atoms with E-state index in [2.05, 4.69) is 35.8 Å². The Kier molecular flexibility index (Phi) is 5.55. The topological polar surface area (TPSA) is 63.3 Å². The quantitative estimate of drug-likeness (QED) is 0.454. The number of rotatable bonds is 6. The van der Waals surface area contributed by atoms with Crippen LogP contribution in [0, 0.1) is 13.8 Å². The van der Waals surface area contributed by atoms with Crippen molar-refractivity contribution in [1.82, 2.24) is 14.5 Å². The van der Waals surface area contributed by atoms with E-state index in [0.29, 0.717) is 17.9 Å². The van der Waals surface area contributed by atoms with E-state index in [1.54, 1.807) is 12.3 Å². The van der Waals surface area contributed by atoms with Crippen LogP contribution in [0.2, 0.25) is 0 Å². The van der Waals surface area contributed by atoms with Crippen molar-refractivity contribution in [1.29, 1.82) is 0 Å². The number of amides is 1. The molecule has 0 radical (unpaired) electrons. The molecular formula is C23H24N4O2S. The van der Waals surface area contributed by atoms with Crippen molar-refractivity contribution in [2.45, 2.75) is 25.3 Å². The molecule has 1 amide bonds. The smallest absolute Gasteiger partial charge is 0.297 e. The molecule has 0 aliphatic carbocycles. The van der Waals surface area contributed by atoms with Crippen LogP contribution >= 0.6 is 11.9 Å². The van der Waals surface area contributed by atoms with Crippen molar-refractivity contribution in [3.05, 3.63) is 77.3 Å². The maximum atomic E-state index is 12.7. The molecule has 0 aliphatic heterocycles. The van der Waals surface area contributed by atoms with Crippen molar-refractivity contribution in [3.63, 3.8) is 0 Å². The highest BCUT2D eigenvalue weighted by Gasteiger charge is 2.15. The fourth-order valence-corrected chi connectivity index (χ4v) is 4.07. The van der Waals surface area contributed by atoms with E-state index < -0.39 is 0 Å². The largest absolute Gasteiger partial charge is 0.451 e. The number of aromatic nitrogens is 2. The standard InChI is InChI=1S/C23H24N4O2S/c1-15-10-17(14-27-9-5-8-24-27)11-22(16(15)2)30-25-23(28)21-12-18-6-7-19(26(3)4)13-20(18)29-21/h5-13H,14H2,1-4H3,(H,25,28). The summed E-state index contributed by atoms with van der Waals surface area (Å²) in [5.41, 5.74) is 5.18. The highest BCUT2D eigenvalue weighted by molar-refractivity contribution is 7.98. The number of hydrogen-bond donors (Lipinski definition) is 1. The van der Waals surface area contributed by atoms with Crippen LogP contribution in [0.4, 0.5) is 5.69 Å². The summed E-state index contributed by atoms with van der Waals surface area (Å²) in [7, 11) is 3.94. The Morgan fingerprint density at radius 1 is 1.20 bits per heavy atom. The van der Waals surface area contributed by atoms with Crippen molar-refractivity contribution in [2.24, 2.45) is 0 Å². The first-order chi connectivity index (χ1) is 14.4. The maximum Gasteiger partial charge on any atom is 0.297 e. The molecule has 7 heteroatoms. The zero-order chi connectivity index (χ0) is 21.3. The highest BCUT2D eigenvalue weighted by Crippen LogP contribution is 2.27. The summed E-state index contributed by atoms with van der Waals surface area (Å²) in [5, 5.41) is 5.18. The van der Waals surface area contributed by atoms with Crippen LogP contribution in [0.25, 0.3) is 11.0 Å². The lowest BCUT2D eigenvalue weighted by Gasteiger charge is -2.12. The van der Waals surface area contributed by atoms with Crippen LogP contribution in [0.3, 0.4) is 0 Å². The number of carbonyl (C=O) groups is 1. The Morgan fingerprint density at radius 3 is 2.77 bits per heavy atom. The van der Waals surface area contributed by atoms with Gasteiger partial charge in [-0.25, -0.2) is 0 Å². The fourth-order valence-electron chi connectivity index (χ4n) is 3.24. The second-order valence-electron chi connectivity index (χ2n) is 7.50. The molecule has 0 saturated carbocycles. The summed E-state index contributed by atoms with van der Waals surface area (Å²) in [6, 6.07) is 13.8. The van der Waals surface area contributed by atoms with E-state index in [4.69, 9.17) is 4.42 Å². The Balaban J connectivity index is 1.50. The third-order valence-corrected chi connectivity index (χ3v) is 6.01. The van der Waals surface area contributed by atoms with Crippen molar-refractivity contribution < 1.29 is 9.21 Å². The molecule has 0 aliphatic rings. The lowest BCUT2D eigenvalue weighted by molar-refractivity contribution is 0.0959. The van der Waals surface area contributed by atoms with Crippen LogP contribution in [0.5, 0.6) is 0 Å². The minimum atomic E-state index is -0.253. The lowest BCUT2D eigenvalue weighted by atomic mass is 10.1. The third-order valence-electron chi connectivity index (χ3n) is 5.08. The molecule has 0 saturated heterocycles. The molecule has 6 nitrogen and oxygen atoms in total. The van der Waals surface area contributed by atoms with E-state index in [1.807, 2.05) is 54.1 Å². The summed E-state index contributed by atoms with van der Waals surface area (Å²) >= 11 is 1.31. The van der Waals surface area contributed by atoms with Crippen LogP contribution < -0.4 is 9.62 Å². The van der Waals surface area contributed by atoms with Gasteiger partial charge in [0.2, 0.25) is 0 Å². The number of benzene rings is 2. The Labute approximate surface area is 180 Å². The molecule has 0 fully saturated rings. The number of carbonyl (C=O) groups excluding carboxylic acids is 1. The van der Waals surface area contributed by atoms with Gasteiger partial charge in [-0.2, -0.15) is 5.10 Å². The van der Waals surface area contributed by atoms with Crippen LogP contribution in [0.15, 0.2) is 64.2 Å². The van der Waals surface area contributed by atoms with Gasteiger partial charge >= 0.3 is 0 Å². The van der Waals surface area contributed by atoms with Gasteiger partial charge in [-0.3, -0.25) is 14.2 Å². The van der Waals surface area contributed by atoms with Crippen LogP contribution in [-0.4, -0.2) is 29.8 Å². The number of nitrogens with one attached hydrogen (secondary N) is 1. The molecule has 30 heavy (non-hydrogen) atoms. The SMILES string of the molecule is Cc1cc(Cn2cccn2)cc(SNC(=O)c2cc3ccc(N(C)C)cc3o2)c1C. The Morgan fingerprint density at radius 2 is 2.03 bits per heavy atom. The molecule has 0 spiro atoms. The number of nitrogens with zero attached hydrogens (tertiary/aromatic N) is 3. The number of furan rings is 1. The average molecular weight is 421 g/mol. The predicted octanol–water partition coefficient (Wildman–Crippen LogP) is 4.80. The summed E-state index contributed by atoms with van der Waals surface area (Å²) in [6.07, 6.45) is 3.71. The fraction of sp³-hybridized carbons (Fsp3) is 0.217. The van der Waals surface area contributed by atoms with E-state index in [0.717, 1.165) is 27.1 Å². The van der Waals surface area contributed by atoms with Gasteiger partial charge in [0.05, 0.1) is 6.54 Å². The van der Waals surface area contributed by atoms with Gasteiger partial charge in [0.1, 0.15) is 5.58 Å². The molecular weight excluding hydrogens is 396 g/mol. The Bertz CT molecular complexity index is 1200. The molecule has 2 aromatic carbocycles. The number of hydrogen-bond acceptors (Lipinski definition) is 5. The molecule has 4 aromatic rings. The van der Waals surface area contributed by atoms with Crippen molar-refractivity contribution >= 4 is 34.5 Å². The van der Waals surface area contributed by atoms with Crippen molar-refractivity contribution in [2.75, 3.05) is 19.0 Å². The number of aryl methyl sites for hydroxylation is 1. The van der Waals surface area contributed by atoms with Gasteiger partial charge in [0.15, 0.2) is 5.76 Å². The maximum absolute atomic E-state index is 12.7. The minimum absolute atomic E-state index is 0.253. The zero-order valence-corrected chi connectivity index (χ0v) is 18.3. The summed E-state index contributed by atoms with van der Waals surface area (Å²) < 4.78 is 10.6. The first-order valence-corrected chi connectivity index (χ1v) is 10.5. The van der Waals surface area contributed by atoms with Crippen LogP contribution in [0.1, 0.15) is 27.2 Å². The first kappa shape index (κ1) is 20.1. The second-order valence-corrected chi connectivity index (χ2v) is 8.35. The minimum Gasteiger partial charge on any atom is -0.451 e. The molecule has 154 valence electrons. The predicted molar refractivity (Wildman–Crippen MR) is 121 cm³/mol. The molecule has 0 atom stereocenters. The van der Waals surface area contributed by atoms with E-state index in [-0.39, 0.29) is 5.91 Å².